The summed E-state index contributed by atoms with van der Waals surface area (Å²) in [6.45, 7) is 1.81. The summed E-state index contributed by atoms with van der Waals surface area (Å²) in [6, 6.07) is 3.39. The summed E-state index contributed by atoms with van der Waals surface area (Å²) in [6.07, 6.45) is 6.74. The number of amides is 1. The average molecular weight is 357 g/mol. The van der Waals surface area contributed by atoms with Crippen molar-refractivity contribution in [3.63, 3.8) is 0 Å². The monoisotopic (exact) mass is 356 g/mol. The highest BCUT2D eigenvalue weighted by atomic mass is 32.2. The summed E-state index contributed by atoms with van der Waals surface area (Å²) in [7, 11) is -3.38. The van der Waals surface area contributed by atoms with E-state index in [2.05, 4.69) is 0 Å². The molecule has 5 nitrogen and oxygen atoms in total. The van der Waals surface area contributed by atoms with E-state index in [0.717, 1.165) is 12.3 Å². The smallest absolute Gasteiger partial charge is 0.252 e. The molecule has 128 valence electrons. The molecule has 7 heteroatoms. The van der Waals surface area contributed by atoms with E-state index < -0.39 is 10.0 Å². The number of nitrogens with zero attached hydrogens (tertiary/aromatic N) is 2. The summed E-state index contributed by atoms with van der Waals surface area (Å²) >= 11 is 1.24. The van der Waals surface area contributed by atoms with E-state index in [1.54, 1.807) is 17.5 Å². The Kier molecular flexibility index (Phi) is 5.38. The Morgan fingerprint density at radius 2 is 1.87 bits per heavy atom. The van der Waals surface area contributed by atoms with Gasteiger partial charge in [0.25, 0.3) is 10.0 Å². The van der Waals surface area contributed by atoms with Crippen LogP contribution in [0.5, 0.6) is 0 Å². The van der Waals surface area contributed by atoms with Crippen molar-refractivity contribution in [3.8, 4) is 0 Å². The predicted octanol–water partition coefficient (Wildman–Crippen LogP) is 2.55. The Morgan fingerprint density at radius 1 is 1.17 bits per heavy atom. The van der Waals surface area contributed by atoms with Gasteiger partial charge in [0, 0.05) is 32.6 Å². The van der Waals surface area contributed by atoms with Gasteiger partial charge in [-0.05, 0) is 23.8 Å². The SMILES string of the molecule is O=C(CCC1CCCC1)N1CCN(S(=O)(=O)c2cccs2)CC1. The lowest BCUT2D eigenvalue weighted by Crippen LogP contribution is -2.50. The Bertz CT molecular complexity index is 614. The van der Waals surface area contributed by atoms with Crippen LogP contribution in [-0.2, 0) is 14.8 Å². The van der Waals surface area contributed by atoms with Gasteiger partial charge in [0.15, 0.2) is 0 Å². The fourth-order valence-corrected chi connectivity index (χ4v) is 6.07. The molecule has 0 bridgehead atoms. The lowest BCUT2D eigenvalue weighted by Gasteiger charge is -2.34. The molecule has 3 rings (SSSR count). The van der Waals surface area contributed by atoms with Crippen LogP contribution in [0, 0.1) is 5.92 Å². The van der Waals surface area contributed by atoms with Crippen LogP contribution >= 0.6 is 11.3 Å². The molecule has 0 radical (unpaired) electrons. The second kappa shape index (κ2) is 7.32. The number of sulfonamides is 1. The molecule has 1 aromatic heterocycles. The first kappa shape index (κ1) is 16.9. The maximum Gasteiger partial charge on any atom is 0.252 e. The summed E-state index contributed by atoms with van der Waals surface area (Å²) in [5, 5.41) is 1.77. The van der Waals surface area contributed by atoms with E-state index in [1.807, 2.05) is 4.90 Å². The maximum atomic E-state index is 12.5. The molecule has 1 aliphatic carbocycles. The van der Waals surface area contributed by atoms with Gasteiger partial charge in [0.2, 0.25) is 5.91 Å². The Balaban J connectivity index is 1.49. The molecule has 1 saturated heterocycles. The average Bonchev–Trinajstić information content (AvgIpc) is 3.26. The second-order valence-electron chi connectivity index (χ2n) is 6.41. The van der Waals surface area contributed by atoms with Gasteiger partial charge in [-0.3, -0.25) is 4.79 Å². The zero-order chi connectivity index (χ0) is 16.3. The summed E-state index contributed by atoms with van der Waals surface area (Å²) in [4.78, 5) is 14.1. The van der Waals surface area contributed by atoms with E-state index in [9.17, 15) is 13.2 Å². The molecule has 0 N–H and O–H groups in total. The molecule has 1 aromatic rings. The first-order chi connectivity index (χ1) is 11.1. The third-order valence-electron chi connectivity index (χ3n) is 4.92. The van der Waals surface area contributed by atoms with E-state index in [1.165, 1.54) is 41.3 Å². The molecule has 0 spiro atoms. The third kappa shape index (κ3) is 3.95. The number of thiophene rings is 1. The van der Waals surface area contributed by atoms with Gasteiger partial charge in [0.05, 0.1) is 0 Å². The van der Waals surface area contributed by atoms with Crippen LogP contribution in [0.1, 0.15) is 38.5 Å². The van der Waals surface area contributed by atoms with Crippen molar-refractivity contribution in [2.24, 2.45) is 5.92 Å². The number of hydrogen-bond donors (Lipinski definition) is 0. The molecular formula is C16H24N2O3S2. The largest absolute Gasteiger partial charge is 0.340 e. The van der Waals surface area contributed by atoms with Gasteiger partial charge in [-0.2, -0.15) is 4.31 Å². The van der Waals surface area contributed by atoms with Crippen molar-refractivity contribution < 1.29 is 13.2 Å². The molecule has 0 unspecified atom stereocenters. The molecule has 0 aromatic carbocycles. The fourth-order valence-electron chi connectivity index (χ4n) is 3.50. The minimum absolute atomic E-state index is 0.185. The number of hydrogen-bond acceptors (Lipinski definition) is 4. The van der Waals surface area contributed by atoms with Gasteiger partial charge in [-0.15, -0.1) is 11.3 Å². The fraction of sp³-hybridized carbons (Fsp3) is 0.688. The van der Waals surface area contributed by atoms with Crippen molar-refractivity contribution in [2.75, 3.05) is 26.2 Å². The number of carbonyl (C=O) groups is 1. The maximum absolute atomic E-state index is 12.5. The van der Waals surface area contributed by atoms with Gasteiger partial charge in [-0.25, -0.2) is 8.42 Å². The van der Waals surface area contributed by atoms with Crippen LogP contribution in [0.4, 0.5) is 0 Å². The molecular weight excluding hydrogens is 332 g/mol. The molecule has 1 saturated carbocycles. The highest BCUT2D eigenvalue weighted by molar-refractivity contribution is 7.91. The first-order valence-corrected chi connectivity index (χ1v) is 10.7. The minimum Gasteiger partial charge on any atom is -0.340 e. The predicted molar refractivity (Wildman–Crippen MR) is 90.8 cm³/mol. The molecule has 0 atom stereocenters. The van der Waals surface area contributed by atoms with Crippen LogP contribution in [0.15, 0.2) is 21.7 Å². The van der Waals surface area contributed by atoms with Gasteiger partial charge < -0.3 is 4.90 Å². The Morgan fingerprint density at radius 3 is 2.48 bits per heavy atom. The Hall–Kier alpha value is -0.920. The van der Waals surface area contributed by atoms with Gasteiger partial charge >= 0.3 is 0 Å². The summed E-state index contributed by atoms with van der Waals surface area (Å²) < 4.78 is 26.8. The van der Waals surface area contributed by atoms with Crippen molar-refractivity contribution in [3.05, 3.63) is 17.5 Å². The lowest BCUT2D eigenvalue weighted by molar-refractivity contribution is -0.132. The first-order valence-electron chi connectivity index (χ1n) is 8.39. The molecule has 2 aliphatic rings. The third-order valence-corrected chi connectivity index (χ3v) is 8.19. The zero-order valence-corrected chi connectivity index (χ0v) is 14.9. The molecule has 1 amide bonds. The van der Waals surface area contributed by atoms with Crippen molar-refractivity contribution in [1.82, 2.24) is 9.21 Å². The van der Waals surface area contributed by atoms with Crippen LogP contribution in [0.3, 0.4) is 0 Å². The van der Waals surface area contributed by atoms with Crippen LogP contribution < -0.4 is 0 Å². The highest BCUT2D eigenvalue weighted by Crippen LogP contribution is 2.29. The van der Waals surface area contributed by atoms with E-state index >= 15 is 0 Å². The van der Waals surface area contributed by atoms with E-state index in [-0.39, 0.29) is 5.91 Å². The number of carbonyl (C=O) groups excluding carboxylic acids is 1. The van der Waals surface area contributed by atoms with Gasteiger partial charge in [-0.1, -0.05) is 31.7 Å². The summed E-state index contributed by atoms with van der Waals surface area (Å²) in [5.41, 5.74) is 0. The number of rotatable bonds is 5. The molecule has 2 heterocycles. The van der Waals surface area contributed by atoms with E-state index in [0.29, 0.717) is 36.8 Å². The van der Waals surface area contributed by atoms with E-state index in [4.69, 9.17) is 0 Å². The van der Waals surface area contributed by atoms with Crippen LogP contribution in [-0.4, -0.2) is 49.7 Å². The van der Waals surface area contributed by atoms with Crippen molar-refractivity contribution in [2.45, 2.75) is 42.7 Å². The van der Waals surface area contributed by atoms with Crippen molar-refractivity contribution in [1.29, 1.82) is 0 Å². The quantitative estimate of drug-likeness (QED) is 0.815. The number of piperazine rings is 1. The summed E-state index contributed by atoms with van der Waals surface area (Å²) in [5.74, 6) is 0.907. The van der Waals surface area contributed by atoms with Crippen LogP contribution in [0.2, 0.25) is 0 Å². The Labute approximate surface area is 142 Å². The topological polar surface area (TPSA) is 57.7 Å². The second-order valence-corrected chi connectivity index (χ2v) is 9.52. The minimum atomic E-state index is -3.38. The highest BCUT2D eigenvalue weighted by Gasteiger charge is 2.30. The standard InChI is InChI=1S/C16H24N2O3S2/c19-15(8-7-14-4-1-2-5-14)17-9-11-18(12-10-17)23(20,21)16-6-3-13-22-16/h3,6,13-14H,1-2,4-5,7-12H2. The van der Waals surface area contributed by atoms with Crippen molar-refractivity contribution >= 4 is 27.3 Å². The normalized spacial score (nSPS) is 21.0. The lowest BCUT2D eigenvalue weighted by atomic mass is 10.0. The van der Waals surface area contributed by atoms with Gasteiger partial charge in [0.1, 0.15) is 4.21 Å². The zero-order valence-electron chi connectivity index (χ0n) is 13.3. The molecule has 2 fully saturated rings. The molecule has 1 aliphatic heterocycles. The van der Waals surface area contributed by atoms with Crippen LogP contribution in [0.25, 0.3) is 0 Å². The molecule has 23 heavy (non-hydrogen) atoms.